The summed E-state index contributed by atoms with van der Waals surface area (Å²) in [5.74, 6) is 1.30. The van der Waals surface area contributed by atoms with E-state index in [1.54, 1.807) is 0 Å². The SMILES string of the molecule is c1ccc2cc3c(cc2c1)c1c2c(cc4c5ccccc5n3c41)c1ccccc1n2-c1nc(-n2c3ccccc3c3c4ccccc4ccc32)c2oc3ccccc3c2n1. The zero-order valence-electron chi connectivity index (χ0n) is 31.9. The molecular formula is C54H29N5O. The molecule has 15 rings (SSSR count). The van der Waals surface area contributed by atoms with Crippen LogP contribution in [0, 0.1) is 0 Å². The van der Waals surface area contributed by atoms with Crippen LogP contribution in [0.25, 0.3) is 137 Å². The summed E-state index contributed by atoms with van der Waals surface area (Å²) in [6, 6.07) is 63.3. The number of fused-ring (bicyclic) bond motifs is 19. The van der Waals surface area contributed by atoms with Gasteiger partial charge in [-0.3, -0.25) is 9.13 Å². The van der Waals surface area contributed by atoms with Crippen molar-refractivity contribution in [2.75, 3.05) is 0 Å². The summed E-state index contributed by atoms with van der Waals surface area (Å²) < 4.78 is 13.9. The molecular weight excluding hydrogens is 735 g/mol. The molecule has 0 spiro atoms. The smallest absolute Gasteiger partial charge is 0.237 e. The highest BCUT2D eigenvalue weighted by atomic mass is 16.3. The Morgan fingerprint density at radius 1 is 0.367 bits per heavy atom. The van der Waals surface area contributed by atoms with Gasteiger partial charge in [-0.1, -0.05) is 121 Å². The Balaban J connectivity index is 1.17. The van der Waals surface area contributed by atoms with E-state index in [-0.39, 0.29) is 0 Å². The molecule has 276 valence electrons. The fourth-order valence-corrected chi connectivity index (χ4v) is 10.7. The first-order chi connectivity index (χ1) is 29.8. The topological polar surface area (TPSA) is 53.2 Å². The van der Waals surface area contributed by atoms with Crippen LogP contribution in [0.2, 0.25) is 0 Å². The quantitative estimate of drug-likeness (QED) is 0.176. The Morgan fingerprint density at radius 2 is 0.983 bits per heavy atom. The van der Waals surface area contributed by atoms with Crippen LogP contribution in [-0.2, 0) is 0 Å². The number of para-hydroxylation sites is 4. The second-order valence-electron chi connectivity index (χ2n) is 16.1. The summed E-state index contributed by atoms with van der Waals surface area (Å²) in [7, 11) is 0. The van der Waals surface area contributed by atoms with Gasteiger partial charge in [0.25, 0.3) is 0 Å². The van der Waals surface area contributed by atoms with Crippen LogP contribution in [0.4, 0.5) is 0 Å². The van der Waals surface area contributed by atoms with E-state index in [9.17, 15) is 0 Å². The molecule has 15 aromatic rings. The largest absolute Gasteiger partial charge is 0.450 e. The maximum atomic E-state index is 6.81. The minimum absolute atomic E-state index is 0.592. The third kappa shape index (κ3) is 3.71. The fraction of sp³-hybridized carbons (Fsp3) is 0. The number of benzene rings is 9. The van der Waals surface area contributed by atoms with E-state index in [0.29, 0.717) is 17.3 Å². The lowest BCUT2D eigenvalue weighted by atomic mass is 10.0. The third-order valence-corrected chi connectivity index (χ3v) is 13.1. The average molecular weight is 764 g/mol. The minimum Gasteiger partial charge on any atom is -0.450 e. The molecule has 6 heterocycles. The van der Waals surface area contributed by atoms with Gasteiger partial charge in [0.1, 0.15) is 11.1 Å². The maximum absolute atomic E-state index is 6.81. The molecule has 0 atom stereocenters. The Bertz CT molecular complexity index is 4370. The predicted octanol–water partition coefficient (Wildman–Crippen LogP) is 14.0. The van der Waals surface area contributed by atoms with Crippen molar-refractivity contribution >= 4 is 125 Å². The third-order valence-electron chi connectivity index (χ3n) is 13.1. The molecule has 0 bridgehead atoms. The molecule has 0 saturated heterocycles. The van der Waals surface area contributed by atoms with Crippen LogP contribution in [0.1, 0.15) is 0 Å². The van der Waals surface area contributed by atoms with Crippen molar-refractivity contribution in [1.82, 2.24) is 23.5 Å². The number of furan rings is 1. The lowest BCUT2D eigenvalue weighted by Gasteiger charge is -2.12. The van der Waals surface area contributed by atoms with Crippen LogP contribution >= 0.6 is 0 Å². The second kappa shape index (κ2) is 10.8. The van der Waals surface area contributed by atoms with Gasteiger partial charge in [-0.25, -0.2) is 4.98 Å². The van der Waals surface area contributed by atoms with Crippen molar-refractivity contribution in [2.24, 2.45) is 0 Å². The highest BCUT2D eigenvalue weighted by Crippen LogP contribution is 2.48. The Kier molecular flexibility index (Phi) is 5.57. The highest BCUT2D eigenvalue weighted by molar-refractivity contribution is 6.35. The van der Waals surface area contributed by atoms with Crippen molar-refractivity contribution in [3.05, 3.63) is 176 Å². The predicted molar refractivity (Wildman–Crippen MR) is 248 cm³/mol. The summed E-state index contributed by atoms with van der Waals surface area (Å²) in [5.41, 5.74) is 10.1. The second-order valence-corrected chi connectivity index (χ2v) is 16.1. The molecule has 0 N–H and O–H groups in total. The van der Waals surface area contributed by atoms with E-state index in [1.165, 1.54) is 70.4 Å². The van der Waals surface area contributed by atoms with Gasteiger partial charge >= 0.3 is 0 Å². The van der Waals surface area contributed by atoms with Gasteiger partial charge in [0.05, 0.1) is 38.6 Å². The van der Waals surface area contributed by atoms with Gasteiger partial charge < -0.3 is 8.82 Å². The van der Waals surface area contributed by atoms with Crippen LogP contribution < -0.4 is 0 Å². The number of nitrogens with zero attached hydrogens (tertiary/aromatic N) is 5. The molecule has 0 fully saturated rings. The van der Waals surface area contributed by atoms with Crippen molar-refractivity contribution in [3.8, 4) is 11.8 Å². The minimum atomic E-state index is 0.592. The first-order valence-electron chi connectivity index (χ1n) is 20.4. The zero-order valence-corrected chi connectivity index (χ0v) is 31.9. The number of hydrogen-bond acceptors (Lipinski definition) is 3. The molecule has 0 saturated carbocycles. The molecule has 0 radical (unpaired) electrons. The van der Waals surface area contributed by atoms with Crippen molar-refractivity contribution in [2.45, 2.75) is 0 Å². The normalized spacial score (nSPS) is 12.7. The van der Waals surface area contributed by atoms with Crippen molar-refractivity contribution in [1.29, 1.82) is 0 Å². The van der Waals surface area contributed by atoms with Crippen LogP contribution in [0.3, 0.4) is 0 Å². The summed E-state index contributed by atoms with van der Waals surface area (Å²) >= 11 is 0. The van der Waals surface area contributed by atoms with Gasteiger partial charge in [-0.05, 0) is 76.1 Å². The van der Waals surface area contributed by atoms with Gasteiger partial charge in [0.2, 0.25) is 5.95 Å². The molecule has 6 nitrogen and oxygen atoms in total. The molecule has 6 heteroatoms. The lowest BCUT2D eigenvalue weighted by Crippen LogP contribution is -2.06. The zero-order chi connectivity index (χ0) is 38.8. The Morgan fingerprint density at radius 3 is 1.80 bits per heavy atom. The Hall–Kier alpha value is -8.22. The summed E-state index contributed by atoms with van der Waals surface area (Å²) in [4.78, 5) is 11.2. The Labute approximate surface area is 339 Å². The number of rotatable bonds is 2. The summed E-state index contributed by atoms with van der Waals surface area (Å²) in [6.07, 6.45) is 0. The fourth-order valence-electron chi connectivity index (χ4n) is 10.7. The molecule has 0 amide bonds. The summed E-state index contributed by atoms with van der Waals surface area (Å²) in [5, 5.41) is 15.4. The van der Waals surface area contributed by atoms with Gasteiger partial charge in [0.15, 0.2) is 11.4 Å². The summed E-state index contributed by atoms with van der Waals surface area (Å²) in [6.45, 7) is 0. The molecule has 0 unspecified atom stereocenters. The standard InChI is InChI=1S/C54H29N5O/c1-2-15-32-28-45-40(27-31(32)14-1)48-50-38(34-17-5-9-21-41(34)57(45)50)29-39-35-18-6-10-22-42(35)59(51(39)48)54-55-49-37-20-8-12-24-46(37)60-52(49)53(56-54)58-43-23-11-7-19-36(43)47-33-16-4-3-13-30(33)25-26-44(47)58/h1-29H. The monoisotopic (exact) mass is 763 g/mol. The van der Waals surface area contributed by atoms with Gasteiger partial charge in [-0.15, -0.1) is 0 Å². The first-order valence-corrected chi connectivity index (χ1v) is 20.4. The number of hydrogen-bond donors (Lipinski definition) is 0. The van der Waals surface area contributed by atoms with E-state index in [1.807, 2.05) is 12.1 Å². The van der Waals surface area contributed by atoms with Gasteiger partial charge in [0, 0.05) is 48.5 Å². The number of aromatic nitrogens is 5. The van der Waals surface area contributed by atoms with Crippen LogP contribution in [0.5, 0.6) is 0 Å². The van der Waals surface area contributed by atoms with Crippen molar-refractivity contribution in [3.63, 3.8) is 0 Å². The first kappa shape index (κ1) is 30.9. The van der Waals surface area contributed by atoms with Crippen LogP contribution in [0.15, 0.2) is 180 Å². The molecule has 6 aromatic heterocycles. The van der Waals surface area contributed by atoms with Gasteiger partial charge in [-0.2, -0.15) is 4.98 Å². The van der Waals surface area contributed by atoms with E-state index in [4.69, 9.17) is 14.4 Å². The van der Waals surface area contributed by atoms with Crippen molar-refractivity contribution < 1.29 is 4.42 Å². The molecule has 0 aliphatic rings. The molecule has 0 aliphatic carbocycles. The molecule has 60 heavy (non-hydrogen) atoms. The van der Waals surface area contributed by atoms with Crippen LogP contribution in [-0.4, -0.2) is 23.5 Å². The lowest BCUT2D eigenvalue weighted by molar-refractivity contribution is 0.661. The van der Waals surface area contributed by atoms with E-state index >= 15 is 0 Å². The molecule has 0 aliphatic heterocycles. The van der Waals surface area contributed by atoms with E-state index in [2.05, 4.69) is 177 Å². The van der Waals surface area contributed by atoms with E-state index in [0.717, 1.165) is 49.3 Å². The molecule has 9 aromatic carbocycles. The highest BCUT2D eigenvalue weighted by Gasteiger charge is 2.28. The average Bonchev–Trinajstić information content (AvgIpc) is 4.10. The maximum Gasteiger partial charge on any atom is 0.237 e. The van der Waals surface area contributed by atoms with E-state index < -0.39 is 0 Å².